The van der Waals surface area contributed by atoms with E-state index in [0.717, 1.165) is 17.0 Å². The van der Waals surface area contributed by atoms with Crippen LogP contribution in [0.25, 0.3) is 21.6 Å². The van der Waals surface area contributed by atoms with Crippen LogP contribution in [0.1, 0.15) is 37.3 Å². The minimum Gasteiger partial charge on any atom is -0.364 e. The van der Waals surface area contributed by atoms with Crippen LogP contribution in [-0.2, 0) is 6.54 Å². The minimum atomic E-state index is 0.472. The second-order valence-corrected chi connectivity index (χ2v) is 8.85. The van der Waals surface area contributed by atoms with Crippen LogP contribution in [0.5, 0.6) is 0 Å². The molecule has 1 aromatic carbocycles. The van der Waals surface area contributed by atoms with Gasteiger partial charge in [0.1, 0.15) is 0 Å². The Bertz CT molecular complexity index is 1130. The van der Waals surface area contributed by atoms with Crippen LogP contribution >= 0.6 is 11.3 Å². The van der Waals surface area contributed by atoms with Gasteiger partial charge in [0.25, 0.3) is 0 Å². The van der Waals surface area contributed by atoms with Crippen molar-refractivity contribution in [3.05, 3.63) is 53.7 Å². The Morgan fingerprint density at radius 2 is 1.90 bits per heavy atom. The van der Waals surface area contributed by atoms with Crippen molar-refractivity contribution in [2.24, 2.45) is 5.73 Å². The highest BCUT2D eigenvalue weighted by Crippen LogP contribution is 2.33. The van der Waals surface area contributed by atoms with Gasteiger partial charge in [-0.3, -0.25) is 0 Å². The van der Waals surface area contributed by atoms with Gasteiger partial charge in [-0.05, 0) is 35.4 Å². The van der Waals surface area contributed by atoms with Gasteiger partial charge in [-0.25, -0.2) is 4.98 Å². The number of anilines is 2. The first-order chi connectivity index (χ1) is 15.3. The number of benzene rings is 1. The standard InChI is InChI=1S/C23H27N7S/c24-11-12-25-23-28-21(20-22(29-23)30(15-27-20)18-4-1-2-5-18)26-14-16-7-9-17(10-8-16)19-6-3-13-31-19/h3,6-10,13,15,18H,1-2,4-5,11-12,14,24H2,(H2,25,26,28,29). The van der Waals surface area contributed by atoms with Gasteiger partial charge in [-0.2, -0.15) is 9.97 Å². The molecule has 0 bridgehead atoms. The van der Waals surface area contributed by atoms with Crippen LogP contribution < -0.4 is 16.4 Å². The van der Waals surface area contributed by atoms with Crippen molar-refractivity contribution in [2.75, 3.05) is 23.7 Å². The molecule has 0 atom stereocenters. The van der Waals surface area contributed by atoms with Crippen LogP contribution in [-0.4, -0.2) is 32.6 Å². The predicted octanol–water partition coefficient (Wildman–Crippen LogP) is 4.65. The van der Waals surface area contributed by atoms with Gasteiger partial charge in [0.2, 0.25) is 5.95 Å². The second kappa shape index (κ2) is 9.03. The number of nitrogens with two attached hydrogens (primary N) is 1. The summed E-state index contributed by atoms with van der Waals surface area (Å²) in [6, 6.07) is 13.3. The quantitative estimate of drug-likeness (QED) is 0.374. The molecule has 0 unspecified atom stereocenters. The molecule has 0 spiro atoms. The molecule has 0 saturated heterocycles. The maximum absolute atomic E-state index is 5.67. The molecule has 3 aromatic heterocycles. The van der Waals surface area contributed by atoms with E-state index in [0.29, 0.717) is 31.6 Å². The second-order valence-electron chi connectivity index (χ2n) is 7.90. The summed E-state index contributed by atoms with van der Waals surface area (Å²) in [5.41, 5.74) is 9.81. The van der Waals surface area contributed by atoms with Gasteiger partial charge < -0.3 is 20.9 Å². The number of nitrogens with one attached hydrogen (secondary N) is 2. The molecule has 5 rings (SSSR count). The Balaban J connectivity index is 1.40. The highest BCUT2D eigenvalue weighted by atomic mass is 32.1. The zero-order valence-electron chi connectivity index (χ0n) is 17.4. The summed E-state index contributed by atoms with van der Waals surface area (Å²) in [5, 5.41) is 8.82. The predicted molar refractivity (Wildman–Crippen MR) is 127 cm³/mol. The number of hydrogen-bond donors (Lipinski definition) is 3. The first kappa shape index (κ1) is 20.0. The van der Waals surface area contributed by atoms with Crippen molar-refractivity contribution in [2.45, 2.75) is 38.3 Å². The fraction of sp³-hybridized carbons (Fsp3) is 0.348. The molecule has 1 saturated carbocycles. The Labute approximate surface area is 185 Å². The average molecular weight is 434 g/mol. The molecule has 1 fully saturated rings. The summed E-state index contributed by atoms with van der Waals surface area (Å²) >= 11 is 1.76. The molecule has 0 amide bonds. The average Bonchev–Trinajstić information content (AvgIpc) is 3.57. The van der Waals surface area contributed by atoms with E-state index in [1.54, 1.807) is 11.3 Å². The van der Waals surface area contributed by atoms with E-state index in [2.05, 4.69) is 66.9 Å². The molecule has 4 N–H and O–H groups in total. The Hall–Kier alpha value is -2.97. The number of nitrogens with zero attached hydrogens (tertiary/aromatic N) is 4. The summed E-state index contributed by atoms with van der Waals surface area (Å²) < 4.78 is 2.22. The van der Waals surface area contributed by atoms with Gasteiger partial charge in [-0.15, -0.1) is 11.3 Å². The number of thiophene rings is 1. The molecule has 1 aliphatic rings. The van der Waals surface area contributed by atoms with E-state index in [1.165, 1.54) is 41.7 Å². The number of hydrogen-bond acceptors (Lipinski definition) is 7. The summed E-state index contributed by atoms with van der Waals surface area (Å²) in [6.45, 7) is 1.83. The van der Waals surface area contributed by atoms with Crippen molar-refractivity contribution in [3.63, 3.8) is 0 Å². The van der Waals surface area contributed by atoms with Gasteiger partial charge in [0.15, 0.2) is 17.0 Å². The third-order valence-corrected chi connectivity index (χ3v) is 6.71. The lowest BCUT2D eigenvalue weighted by Gasteiger charge is -2.14. The van der Waals surface area contributed by atoms with Crippen molar-refractivity contribution in [1.82, 2.24) is 19.5 Å². The van der Waals surface area contributed by atoms with Crippen LogP contribution in [0.3, 0.4) is 0 Å². The number of imidazole rings is 1. The fourth-order valence-corrected chi connectivity index (χ4v) is 4.90. The summed E-state index contributed by atoms with van der Waals surface area (Å²) in [4.78, 5) is 15.4. The van der Waals surface area contributed by atoms with E-state index in [4.69, 9.17) is 10.7 Å². The molecular weight excluding hydrogens is 406 g/mol. The van der Waals surface area contributed by atoms with Crippen molar-refractivity contribution < 1.29 is 0 Å². The zero-order valence-corrected chi connectivity index (χ0v) is 18.2. The molecule has 4 aromatic rings. The van der Waals surface area contributed by atoms with E-state index in [9.17, 15) is 0 Å². The van der Waals surface area contributed by atoms with Gasteiger partial charge in [-0.1, -0.05) is 43.2 Å². The summed E-state index contributed by atoms with van der Waals surface area (Å²) in [7, 11) is 0. The minimum absolute atomic E-state index is 0.472. The van der Waals surface area contributed by atoms with Crippen LogP contribution in [0.15, 0.2) is 48.1 Å². The smallest absolute Gasteiger partial charge is 0.226 e. The number of aromatic nitrogens is 4. The van der Waals surface area contributed by atoms with Gasteiger partial charge >= 0.3 is 0 Å². The molecule has 1 aliphatic carbocycles. The molecule has 0 aliphatic heterocycles. The normalized spacial score (nSPS) is 14.4. The molecule has 7 nitrogen and oxygen atoms in total. The van der Waals surface area contributed by atoms with E-state index >= 15 is 0 Å². The topological polar surface area (TPSA) is 93.7 Å². The number of rotatable bonds is 8. The largest absolute Gasteiger partial charge is 0.364 e. The molecule has 160 valence electrons. The third kappa shape index (κ3) is 4.26. The SMILES string of the molecule is NCCNc1nc(NCc2ccc(-c3cccs3)cc2)c2ncn(C3CCCC3)c2n1. The Morgan fingerprint density at radius 1 is 1.06 bits per heavy atom. The maximum atomic E-state index is 5.67. The molecule has 8 heteroatoms. The lowest BCUT2D eigenvalue weighted by atomic mass is 10.1. The van der Waals surface area contributed by atoms with E-state index in [1.807, 2.05) is 6.33 Å². The lowest BCUT2D eigenvalue weighted by molar-refractivity contribution is 0.529. The van der Waals surface area contributed by atoms with Crippen LogP contribution in [0.4, 0.5) is 11.8 Å². The highest BCUT2D eigenvalue weighted by Gasteiger charge is 2.21. The summed E-state index contributed by atoms with van der Waals surface area (Å²) in [6.07, 6.45) is 6.81. The van der Waals surface area contributed by atoms with Crippen molar-refractivity contribution in [1.29, 1.82) is 0 Å². The zero-order chi connectivity index (χ0) is 21.0. The molecular formula is C23H27N7S. The monoisotopic (exact) mass is 433 g/mol. The summed E-state index contributed by atoms with van der Waals surface area (Å²) in [5.74, 6) is 1.34. The molecule has 3 heterocycles. The van der Waals surface area contributed by atoms with Gasteiger partial charge in [0, 0.05) is 30.6 Å². The third-order valence-electron chi connectivity index (χ3n) is 5.79. The number of fused-ring (bicyclic) bond motifs is 1. The Morgan fingerprint density at radius 3 is 2.65 bits per heavy atom. The lowest BCUT2D eigenvalue weighted by Crippen LogP contribution is -2.16. The highest BCUT2D eigenvalue weighted by molar-refractivity contribution is 7.13. The van der Waals surface area contributed by atoms with Gasteiger partial charge in [0.05, 0.1) is 6.33 Å². The van der Waals surface area contributed by atoms with Crippen LogP contribution in [0, 0.1) is 0 Å². The first-order valence-corrected chi connectivity index (χ1v) is 11.7. The van der Waals surface area contributed by atoms with Crippen LogP contribution in [0.2, 0.25) is 0 Å². The molecule has 0 radical (unpaired) electrons. The molecule has 31 heavy (non-hydrogen) atoms. The maximum Gasteiger partial charge on any atom is 0.226 e. The van der Waals surface area contributed by atoms with Crippen molar-refractivity contribution >= 4 is 34.3 Å². The van der Waals surface area contributed by atoms with Crippen molar-refractivity contribution in [3.8, 4) is 10.4 Å². The van der Waals surface area contributed by atoms with E-state index in [-0.39, 0.29) is 0 Å². The fourth-order valence-electron chi connectivity index (χ4n) is 4.17. The van der Waals surface area contributed by atoms with E-state index < -0.39 is 0 Å². The Kier molecular flexibility index (Phi) is 5.82. The first-order valence-electron chi connectivity index (χ1n) is 10.9.